The number of carbonyl (C=O) groups is 1. The maximum atomic E-state index is 10.5. The first-order chi connectivity index (χ1) is 4.72. The van der Waals surface area contributed by atoms with Crippen LogP contribution in [0.5, 0.6) is 0 Å². The third-order valence-corrected chi connectivity index (χ3v) is 1.21. The lowest BCUT2D eigenvalue weighted by Crippen LogP contribution is -2.30. The Morgan fingerprint density at radius 1 is 1.60 bits per heavy atom. The quantitative estimate of drug-likeness (QED) is 0.618. The Morgan fingerprint density at radius 2 is 2.20 bits per heavy atom. The van der Waals surface area contributed by atoms with Crippen molar-refractivity contribution in [3.63, 3.8) is 0 Å². The average Bonchev–Trinajstić information content (AvgIpc) is 1.89. The lowest BCUT2D eigenvalue weighted by molar-refractivity contribution is -0.129. The second-order valence-corrected chi connectivity index (χ2v) is 2.17. The van der Waals surface area contributed by atoms with E-state index in [0.717, 1.165) is 6.42 Å². The largest absolute Gasteiger partial charge is 0.368 e. The SMILES string of the molecule is CCCOC(CC)C(N)=O. The summed E-state index contributed by atoms with van der Waals surface area (Å²) in [6, 6.07) is 0. The van der Waals surface area contributed by atoms with Crippen LogP contribution >= 0.6 is 0 Å². The molecule has 0 saturated heterocycles. The van der Waals surface area contributed by atoms with E-state index in [0.29, 0.717) is 13.0 Å². The van der Waals surface area contributed by atoms with Crippen LogP contribution in [0.4, 0.5) is 0 Å². The Kier molecular flexibility index (Phi) is 4.94. The van der Waals surface area contributed by atoms with Gasteiger partial charge in [-0.2, -0.15) is 0 Å². The van der Waals surface area contributed by atoms with Crippen LogP contribution in [0.15, 0.2) is 0 Å². The molecule has 1 unspecified atom stereocenters. The Balaban J connectivity index is 3.50. The normalized spacial score (nSPS) is 13.0. The number of primary amides is 1. The van der Waals surface area contributed by atoms with Gasteiger partial charge in [0.05, 0.1) is 0 Å². The summed E-state index contributed by atoms with van der Waals surface area (Å²) in [4.78, 5) is 10.5. The predicted octanol–water partition coefficient (Wildman–Crippen LogP) is 0.677. The van der Waals surface area contributed by atoms with Crippen molar-refractivity contribution < 1.29 is 9.53 Å². The van der Waals surface area contributed by atoms with E-state index in [-0.39, 0.29) is 12.0 Å². The fraction of sp³-hybridized carbons (Fsp3) is 0.857. The molecule has 0 aliphatic rings. The molecular weight excluding hydrogens is 130 g/mol. The molecule has 1 atom stereocenters. The highest BCUT2D eigenvalue weighted by atomic mass is 16.5. The molecule has 60 valence electrons. The van der Waals surface area contributed by atoms with Gasteiger partial charge in [-0.3, -0.25) is 4.79 Å². The van der Waals surface area contributed by atoms with Gasteiger partial charge in [0.15, 0.2) is 0 Å². The summed E-state index contributed by atoms with van der Waals surface area (Å²) in [6.45, 7) is 4.49. The lowest BCUT2D eigenvalue weighted by Gasteiger charge is -2.10. The number of ether oxygens (including phenoxy) is 1. The molecule has 0 heterocycles. The molecule has 0 saturated carbocycles. The monoisotopic (exact) mass is 145 g/mol. The first kappa shape index (κ1) is 9.43. The van der Waals surface area contributed by atoms with Crippen LogP contribution in [0, 0.1) is 0 Å². The van der Waals surface area contributed by atoms with Gasteiger partial charge in [-0.15, -0.1) is 0 Å². The van der Waals surface area contributed by atoms with Gasteiger partial charge in [0.2, 0.25) is 5.91 Å². The Labute approximate surface area is 61.5 Å². The maximum Gasteiger partial charge on any atom is 0.246 e. The van der Waals surface area contributed by atoms with Crippen LogP contribution < -0.4 is 5.73 Å². The summed E-state index contributed by atoms with van der Waals surface area (Å²) in [7, 11) is 0. The standard InChI is InChI=1S/C7H15NO2/c1-3-5-10-6(4-2)7(8)9/h6H,3-5H2,1-2H3,(H2,8,9). The van der Waals surface area contributed by atoms with E-state index in [2.05, 4.69) is 0 Å². The summed E-state index contributed by atoms with van der Waals surface area (Å²) >= 11 is 0. The van der Waals surface area contributed by atoms with Crippen molar-refractivity contribution in [1.82, 2.24) is 0 Å². The number of amides is 1. The molecule has 0 radical (unpaired) electrons. The van der Waals surface area contributed by atoms with Crippen molar-refractivity contribution in [2.45, 2.75) is 32.8 Å². The first-order valence-electron chi connectivity index (χ1n) is 3.63. The molecule has 10 heavy (non-hydrogen) atoms. The molecule has 0 rings (SSSR count). The van der Waals surface area contributed by atoms with Gasteiger partial charge in [0.1, 0.15) is 6.10 Å². The molecule has 0 fully saturated rings. The van der Waals surface area contributed by atoms with E-state index >= 15 is 0 Å². The molecule has 0 aliphatic carbocycles. The molecule has 0 bridgehead atoms. The zero-order valence-corrected chi connectivity index (χ0v) is 6.59. The zero-order valence-electron chi connectivity index (χ0n) is 6.59. The molecule has 3 nitrogen and oxygen atoms in total. The third-order valence-electron chi connectivity index (χ3n) is 1.21. The van der Waals surface area contributed by atoms with Crippen LogP contribution in [0.1, 0.15) is 26.7 Å². The second-order valence-electron chi connectivity index (χ2n) is 2.17. The molecule has 0 spiro atoms. The van der Waals surface area contributed by atoms with E-state index < -0.39 is 0 Å². The molecule has 0 aromatic heterocycles. The van der Waals surface area contributed by atoms with E-state index in [1.807, 2.05) is 13.8 Å². The summed E-state index contributed by atoms with van der Waals surface area (Å²) in [5.74, 6) is -0.365. The average molecular weight is 145 g/mol. The Morgan fingerprint density at radius 3 is 2.50 bits per heavy atom. The van der Waals surface area contributed by atoms with Gasteiger partial charge in [-0.25, -0.2) is 0 Å². The van der Waals surface area contributed by atoms with Crippen LogP contribution in [0.25, 0.3) is 0 Å². The number of rotatable bonds is 5. The van der Waals surface area contributed by atoms with E-state index in [4.69, 9.17) is 10.5 Å². The fourth-order valence-corrected chi connectivity index (χ4v) is 0.661. The van der Waals surface area contributed by atoms with Gasteiger partial charge < -0.3 is 10.5 Å². The zero-order chi connectivity index (χ0) is 7.98. The molecule has 0 aromatic carbocycles. The number of hydrogen-bond donors (Lipinski definition) is 1. The molecule has 1 amide bonds. The van der Waals surface area contributed by atoms with Crippen molar-refractivity contribution in [3.05, 3.63) is 0 Å². The van der Waals surface area contributed by atoms with Crippen LogP contribution in [-0.2, 0) is 9.53 Å². The van der Waals surface area contributed by atoms with Gasteiger partial charge in [-0.1, -0.05) is 13.8 Å². The maximum absolute atomic E-state index is 10.5. The lowest BCUT2D eigenvalue weighted by atomic mass is 10.3. The minimum absolute atomic E-state index is 0.365. The minimum Gasteiger partial charge on any atom is -0.368 e. The Hall–Kier alpha value is -0.570. The molecule has 0 aliphatic heterocycles. The van der Waals surface area contributed by atoms with E-state index in [1.54, 1.807) is 0 Å². The second kappa shape index (κ2) is 5.23. The number of hydrogen-bond acceptors (Lipinski definition) is 2. The van der Waals surface area contributed by atoms with Crippen LogP contribution in [-0.4, -0.2) is 18.6 Å². The Bertz CT molecular complexity index is 104. The molecule has 3 heteroatoms. The van der Waals surface area contributed by atoms with Gasteiger partial charge in [0.25, 0.3) is 0 Å². The van der Waals surface area contributed by atoms with Crippen molar-refractivity contribution in [2.75, 3.05) is 6.61 Å². The highest BCUT2D eigenvalue weighted by Gasteiger charge is 2.11. The number of nitrogens with two attached hydrogens (primary N) is 1. The summed E-state index contributed by atoms with van der Waals surface area (Å²) in [5.41, 5.74) is 5.02. The molecule has 2 N–H and O–H groups in total. The molecular formula is C7H15NO2. The fourth-order valence-electron chi connectivity index (χ4n) is 0.661. The molecule has 0 aromatic rings. The number of carbonyl (C=O) groups excluding carboxylic acids is 1. The van der Waals surface area contributed by atoms with Crippen molar-refractivity contribution in [3.8, 4) is 0 Å². The third kappa shape index (κ3) is 3.45. The highest BCUT2D eigenvalue weighted by molar-refractivity contribution is 5.78. The minimum atomic E-state index is -0.389. The smallest absolute Gasteiger partial charge is 0.246 e. The van der Waals surface area contributed by atoms with E-state index in [9.17, 15) is 4.79 Å². The summed E-state index contributed by atoms with van der Waals surface area (Å²) in [5, 5.41) is 0. The van der Waals surface area contributed by atoms with E-state index in [1.165, 1.54) is 0 Å². The van der Waals surface area contributed by atoms with Gasteiger partial charge >= 0.3 is 0 Å². The van der Waals surface area contributed by atoms with Gasteiger partial charge in [0, 0.05) is 6.61 Å². The highest BCUT2D eigenvalue weighted by Crippen LogP contribution is 1.96. The van der Waals surface area contributed by atoms with Crippen LogP contribution in [0.2, 0.25) is 0 Å². The topological polar surface area (TPSA) is 52.3 Å². The van der Waals surface area contributed by atoms with Gasteiger partial charge in [-0.05, 0) is 12.8 Å². The van der Waals surface area contributed by atoms with Crippen molar-refractivity contribution >= 4 is 5.91 Å². The van der Waals surface area contributed by atoms with Crippen molar-refractivity contribution in [2.24, 2.45) is 5.73 Å². The first-order valence-corrected chi connectivity index (χ1v) is 3.63. The predicted molar refractivity (Wildman–Crippen MR) is 39.5 cm³/mol. The van der Waals surface area contributed by atoms with Crippen LogP contribution in [0.3, 0.4) is 0 Å². The summed E-state index contributed by atoms with van der Waals surface area (Å²) in [6.07, 6.45) is 1.19. The van der Waals surface area contributed by atoms with Crippen molar-refractivity contribution in [1.29, 1.82) is 0 Å². The summed E-state index contributed by atoms with van der Waals surface area (Å²) < 4.78 is 5.13.